The minimum Gasteiger partial charge on any atom is -0.338 e. The third-order valence-electron chi connectivity index (χ3n) is 3.75. The molecule has 2 N–H and O–H groups in total. The van der Waals surface area contributed by atoms with Gasteiger partial charge in [-0.05, 0) is 25.8 Å². The Morgan fingerprint density at radius 2 is 2.26 bits per heavy atom. The van der Waals surface area contributed by atoms with Crippen LogP contribution in [0, 0.1) is 5.92 Å². The van der Waals surface area contributed by atoms with Gasteiger partial charge in [-0.2, -0.15) is 13.2 Å². The summed E-state index contributed by atoms with van der Waals surface area (Å²) in [6.45, 7) is 2.78. The van der Waals surface area contributed by atoms with Gasteiger partial charge in [0.05, 0.1) is 12.9 Å². The monoisotopic (exact) mass is 333 g/mol. The van der Waals surface area contributed by atoms with Crippen molar-refractivity contribution >= 4 is 6.03 Å². The molecule has 1 aliphatic heterocycles. The van der Waals surface area contributed by atoms with Crippen LogP contribution < -0.4 is 10.6 Å². The van der Waals surface area contributed by atoms with Gasteiger partial charge < -0.3 is 15.2 Å². The topological polar surface area (TPSA) is 62.2 Å². The summed E-state index contributed by atoms with van der Waals surface area (Å²) in [5, 5.41) is 5.53. The number of rotatable bonds is 6. The third-order valence-corrected chi connectivity index (χ3v) is 3.75. The van der Waals surface area contributed by atoms with Gasteiger partial charge in [0.1, 0.15) is 0 Å². The van der Waals surface area contributed by atoms with Crippen molar-refractivity contribution in [3.63, 3.8) is 0 Å². The largest absolute Gasteiger partial charge is 0.401 e. The number of amides is 2. The molecule has 0 saturated carbocycles. The van der Waals surface area contributed by atoms with Crippen molar-refractivity contribution in [2.45, 2.75) is 32.1 Å². The van der Waals surface area contributed by atoms with Gasteiger partial charge in [0.2, 0.25) is 0 Å². The molecule has 1 saturated heterocycles. The zero-order valence-electron chi connectivity index (χ0n) is 13.0. The van der Waals surface area contributed by atoms with Crippen LogP contribution in [-0.2, 0) is 6.54 Å². The zero-order chi connectivity index (χ0) is 16.9. The summed E-state index contributed by atoms with van der Waals surface area (Å²) in [4.78, 5) is 17.1. The predicted octanol–water partition coefficient (Wildman–Crippen LogP) is 1.45. The molecule has 0 unspecified atom stereocenters. The highest BCUT2D eigenvalue weighted by Gasteiger charge is 2.34. The Kier molecular flexibility index (Phi) is 5.86. The van der Waals surface area contributed by atoms with E-state index in [1.165, 1.54) is 4.90 Å². The van der Waals surface area contributed by atoms with Crippen LogP contribution in [0.5, 0.6) is 0 Å². The minimum absolute atomic E-state index is 0.0621. The molecule has 2 amide bonds. The van der Waals surface area contributed by atoms with Crippen molar-refractivity contribution in [1.82, 2.24) is 25.1 Å². The molecule has 1 aliphatic rings. The number of nitrogens with one attached hydrogen (secondary N) is 2. The van der Waals surface area contributed by atoms with E-state index in [1.54, 1.807) is 12.5 Å². The van der Waals surface area contributed by atoms with Crippen LogP contribution >= 0.6 is 0 Å². The van der Waals surface area contributed by atoms with Gasteiger partial charge >= 0.3 is 12.2 Å². The fourth-order valence-corrected chi connectivity index (χ4v) is 2.75. The Bertz CT molecular complexity index is 491. The van der Waals surface area contributed by atoms with E-state index in [9.17, 15) is 18.0 Å². The summed E-state index contributed by atoms with van der Waals surface area (Å²) in [7, 11) is 0. The van der Waals surface area contributed by atoms with E-state index in [1.807, 2.05) is 17.7 Å². The number of likely N-dealkylation sites (tertiary alicyclic amines) is 1. The van der Waals surface area contributed by atoms with Gasteiger partial charge in [-0.3, -0.25) is 4.90 Å². The first-order valence-electron chi connectivity index (χ1n) is 7.61. The Balaban J connectivity index is 1.63. The molecule has 1 aromatic heterocycles. The summed E-state index contributed by atoms with van der Waals surface area (Å²) < 4.78 is 38.8. The first-order valence-corrected chi connectivity index (χ1v) is 7.61. The summed E-state index contributed by atoms with van der Waals surface area (Å²) in [6.07, 6.45) is 1.65. The molecule has 130 valence electrons. The first kappa shape index (κ1) is 17.6. The molecular weight excluding hydrogens is 311 g/mol. The molecule has 0 aromatic carbocycles. The number of aromatic nitrogens is 2. The van der Waals surface area contributed by atoms with Crippen molar-refractivity contribution < 1.29 is 18.0 Å². The summed E-state index contributed by atoms with van der Waals surface area (Å²) in [5.41, 5.74) is 0. The van der Waals surface area contributed by atoms with E-state index in [0.717, 1.165) is 0 Å². The fraction of sp³-hybridized carbons (Fsp3) is 0.714. The molecule has 2 heterocycles. The Morgan fingerprint density at radius 3 is 2.91 bits per heavy atom. The maximum absolute atomic E-state index is 12.3. The Hall–Kier alpha value is -1.77. The second kappa shape index (κ2) is 7.67. The molecule has 2 rings (SSSR count). The van der Waals surface area contributed by atoms with E-state index in [-0.39, 0.29) is 18.0 Å². The van der Waals surface area contributed by atoms with Gasteiger partial charge in [0.25, 0.3) is 0 Å². The molecule has 1 aromatic rings. The van der Waals surface area contributed by atoms with Crippen molar-refractivity contribution in [3.05, 3.63) is 18.7 Å². The lowest BCUT2D eigenvalue weighted by Crippen LogP contribution is -2.44. The van der Waals surface area contributed by atoms with Gasteiger partial charge in [-0.1, -0.05) is 0 Å². The number of hydrogen-bond donors (Lipinski definition) is 2. The Labute approximate surface area is 133 Å². The van der Waals surface area contributed by atoms with E-state index in [0.29, 0.717) is 32.6 Å². The molecule has 0 bridgehead atoms. The van der Waals surface area contributed by atoms with Crippen LogP contribution in [0.3, 0.4) is 0 Å². The summed E-state index contributed by atoms with van der Waals surface area (Å²) >= 11 is 0. The van der Waals surface area contributed by atoms with Crippen molar-refractivity contribution in [2.24, 2.45) is 5.92 Å². The Morgan fingerprint density at radius 1 is 1.48 bits per heavy atom. The molecule has 1 fully saturated rings. The maximum Gasteiger partial charge on any atom is 0.401 e. The molecular formula is C14H22F3N5O. The number of carbonyl (C=O) groups is 1. The van der Waals surface area contributed by atoms with Crippen LogP contribution in [0.15, 0.2) is 18.7 Å². The lowest BCUT2D eigenvalue weighted by Gasteiger charge is -2.19. The second-order valence-corrected chi connectivity index (χ2v) is 6.02. The highest BCUT2D eigenvalue weighted by Crippen LogP contribution is 2.22. The van der Waals surface area contributed by atoms with Gasteiger partial charge in [-0.25, -0.2) is 9.78 Å². The van der Waals surface area contributed by atoms with E-state index < -0.39 is 12.7 Å². The van der Waals surface area contributed by atoms with Crippen LogP contribution in [0.1, 0.15) is 13.3 Å². The van der Waals surface area contributed by atoms with E-state index >= 15 is 0 Å². The number of carbonyl (C=O) groups excluding carboxylic acids is 1. The summed E-state index contributed by atoms with van der Waals surface area (Å²) in [5.74, 6) is 0.0621. The summed E-state index contributed by atoms with van der Waals surface area (Å²) in [6, 6.07) is -0.374. The molecule has 9 heteroatoms. The number of imidazole rings is 1. The fourth-order valence-electron chi connectivity index (χ4n) is 2.75. The SMILES string of the molecule is C[C@H](Cn1ccnc1)NC(=O)NC[C@@H]1CCN(CC(F)(F)F)C1. The van der Waals surface area contributed by atoms with Gasteiger partial charge in [-0.15, -0.1) is 0 Å². The normalized spacial score (nSPS) is 20.4. The maximum atomic E-state index is 12.3. The lowest BCUT2D eigenvalue weighted by molar-refractivity contribution is -0.143. The molecule has 0 spiro atoms. The minimum atomic E-state index is -4.16. The van der Waals surface area contributed by atoms with Crippen LogP contribution in [0.25, 0.3) is 0 Å². The number of halogens is 3. The standard InChI is InChI=1S/C14H22F3N5O/c1-11(7-22-5-3-18-10-22)20-13(23)19-6-12-2-4-21(8-12)9-14(15,16)17/h3,5,10-12H,2,4,6-9H2,1H3,(H2,19,20,23)/t11-,12+/m1/s1. The predicted molar refractivity (Wildman–Crippen MR) is 78.8 cm³/mol. The van der Waals surface area contributed by atoms with E-state index in [2.05, 4.69) is 15.6 Å². The number of alkyl halides is 3. The number of hydrogen-bond acceptors (Lipinski definition) is 3. The zero-order valence-corrected chi connectivity index (χ0v) is 13.0. The smallest absolute Gasteiger partial charge is 0.338 e. The second-order valence-electron chi connectivity index (χ2n) is 6.02. The molecule has 6 nitrogen and oxygen atoms in total. The molecule has 0 aliphatic carbocycles. The highest BCUT2D eigenvalue weighted by molar-refractivity contribution is 5.74. The lowest BCUT2D eigenvalue weighted by atomic mass is 10.1. The highest BCUT2D eigenvalue weighted by atomic mass is 19.4. The molecule has 0 radical (unpaired) electrons. The third kappa shape index (κ3) is 6.47. The number of urea groups is 1. The van der Waals surface area contributed by atoms with Crippen molar-refractivity contribution in [3.8, 4) is 0 Å². The average molecular weight is 333 g/mol. The van der Waals surface area contributed by atoms with Gasteiger partial charge in [0.15, 0.2) is 0 Å². The van der Waals surface area contributed by atoms with Crippen molar-refractivity contribution in [2.75, 3.05) is 26.2 Å². The molecule has 23 heavy (non-hydrogen) atoms. The van der Waals surface area contributed by atoms with Crippen LogP contribution in [0.4, 0.5) is 18.0 Å². The quantitative estimate of drug-likeness (QED) is 0.828. The average Bonchev–Trinajstić information content (AvgIpc) is 3.06. The van der Waals surface area contributed by atoms with Crippen LogP contribution in [0.2, 0.25) is 0 Å². The van der Waals surface area contributed by atoms with E-state index in [4.69, 9.17) is 0 Å². The first-order chi connectivity index (χ1) is 10.8. The molecule has 2 atom stereocenters. The number of nitrogens with zero attached hydrogens (tertiary/aromatic N) is 3. The van der Waals surface area contributed by atoms with Gasteiger partial charge in [0, 0.05) is 38.1 Å². The van der Waals surface area contributed by atoms with Crippen LogP contribution in [-0.4, -0.2) is 58.9 Å². The van der Waals surface area contributed by atoms with Crippen molar-refractivity contribution in [1.29, 1.82) is 0 Å².